The van der Waals surface area contributed by atoms with Crippen LogP contribution in [0, 0.1) is 0 Å². The van der Waals surface area contributed by atoms with Crippen LogP contribution in [-0.4, -0.2) is 23.0 Å². The third kappa shape index (κ3) is 4.06. The van der Waals surface area contributed by atoms with E-state index in [0.29, 0.717) is 6.42 Å². The van der Waals surface area contributed by atoms with Gasteiger partial charge in [-0.05, 0) is 31.2 Å². The van der Waals surface area contributed by atoms with E-state index in [4.69, 9.17) is 0 Å². The number of rotatable bonds is 5. The van der Waals surface area contributed by atoms with Crippen LogP contribution in [0.25, 0.3) is 0 Å². The van der Waals surface area contributed by atoms with Crippen molar-refractivity contribution >= 4 is 5.78 Å². The van der Waals surface area contributed by atoms with Crippen molar-refractivity contribution in [2.24, 2.45) is 0 Å². The summed E-state index contributed by atoms with van der Waals surface area (Å²) in [5, 5.41) is 13.8. The first kappa shape index (κ1) is 15.9. The molecule has 0 aliphatic carbocycles. The number of aliphatic hydroxyl groups excluding tert-OH is 1. The maximum Gasteiger partial charge on any atom is 0.179 e. The van der Waals surface area contributed by atoms with Crippen LogP contribution in [0.15, 0.2) is 60.7 Å². The summed E-state index contributed by atoms with van der Waals surface area (Å²) in [6.07, 6.45) is 3.04. The first-order chi connectivity index (χ1) is 11.2. The highest BCUT2D eigenvalue weighted by molar-refractivity contribution is 6.00. The molecule has 0 unspecified atom stereocenters. The molecule has 2 aromatic rings. The van der Waals surface area contributed by atoms with Crippen molar-refractivity contribution in [1.29, 1.82) is 0 Å². The van der Waals surface area contributed by atoms with Gasteiger partial charge in [-0.3, -0.25) is 4.79 Å². The summed E-state index contributed by atoms with van der Waals surface area (Å²) < 4.78 is 0. The van der Waals surface area contributed by atoms with Gasteiger partial charge in [0.25, 0.3) is 0 Å². The molecule has 1 saturated heterocycles. The lowest BCUT2D eigenvalue weighted by Crippen LogP contribution is -2.47. The Labute approximate surface area is 137 Å². The fraction of sp³-hybridized carbons (Fsp3) is 0.350. The molecule has 3 rings (SSSR count). The molecule has 0 radical (unpaired) electrons. The zero-order valence-corrected chi connectivity index (χ0v) is 13.2. The topological polar surface area (TPSA) is 49.3 Å². The number of aliphatic hydroxyl groups is 1. The van der Waals surface area contributed by atoms with E-state index >= 15 is 0 Å². The first-order valence-corrected chi connectivity index (χ1v) is 8.32. The Morgan fingerprint density at radius 1 is 1.04 bits per heavy atom. The average Bonchev–Trinajstić information content (AvgIpc) is 2.63. The van der Waals surface area contributed by atoms with E-state index in [-0.39, 0.29) is 17.9 Å². The summed E-state index contributed by atoms with van der Waals surface area (Å²) in [7, 11) is 0. The number of Topliss-reactive ketones (excluding diaryl/α,β-unsaturated/α-hetero) is 1. The molecule has 0 aromatic heterocycles. The molecular weight excluding hydrogens is 286 g/mol. The largest absolute Gasteiger partial charge is 0.388 e. The van der Waals surface area contributed by atoms with Gasteiger partial charge in [0.15, 0.2) is 5.78 Å². The lowest BCUT2D eigenvalue weighted by Gasteiger charge is -2.31. The summed E-state index contributed by atoms with van der Waals surface area (Å²) in [5.74, 6) is 0.157. The van der Waals surface area contributed by atoms with Crippen molar-refractivity contribution in [1.82, 2.24) is 5.32 Å². The van der Waals surface area contributed by atoms with Gasteiger partial charge in [0, 0.05) is 11.6 Å². The molecule has 1 fully saturated rings. The highest BCUT2D eigenvalue weighted by Crippen LogP contribution is 2.24. The van der Waals surface area contributed by atoms with Gasteiger partial charge in [0.1, 0.15) is 0 Å². The summed E-state index contributed by atoms with van der Waals surface area (Å²) in [6.45, 7) is 0. The van der Waals surface area contributed by atoms with Crippen LogP contribution < -0.4 is 5.32 Å². The second-order valence-electron chi connectivity index (χ2n) is 6.24. The molecule has 23 heavy (non-hydrogen) atoms. The molecular formula is C20H23NO2. The molecule has 3 nitrogen and oxygen atoms in total. The van der Waals surface area contributed by atoms with E-state index in [0.717, 1.165) is 30.4 Å². The molecule has 1 heterocycles. The third-order valence-electron chi connectivity index (χ3n) is 4.55. The molecule has 3 atom stereocenters. The summed E-state index contributed by atoms with van der Waals surface area (Å²) >= 11 is 0. The Balaban J connectivity index is 1.61. The van der Waals surface area contributed by atoms with E-state index in [9.17, 15) is 9.90 Å². The van der Waals surface area contributed by atoms with Gasteiger partial charge in [0.05, 0.1) is 12.1 Å². The van der Waals surface area contributed by atoms with Gasteiger partial charge in [-0.1, -0.05) is 60.7 Å². The van der Waals surface area contributed by atoms with Crippen molar-refractivity contribution in [3.05, 3.63) is 71.8 Å². The van der Waals surface area contributed by atoms with Crippen molar-refractivity contribution in [3.63, 3.8) is 0 Å². The number of carbonyl (C=O) groups is 1. The summed E-state index contributed by atoms with van der Waals surface area (Å²) in [5.41, 5.74) is 1.69. The fourth-order valence-corrected chi connectivity index (χ4v) is 3.30. The Morgan fingerprint density at radius 3 is 2.39 bits per heavy atom. The molecule has 1 aliphatic rings. The fourth-order valence-electron chi connectivity index (χ4n) is 3.30. The Bertz CT molecular complexity index is 627. The van der Waals surface area contributed by atoms with E-state index in [1.807, 2.05) is 60.7 Å². The van der Waals surface area contributed by atoms with Gasteiger partial charge in [-0.2, -0.15) is 0 Å². The van der Waals surface area contributed by atoms with Gasteiger partial charge in [-0.25, -0.2) is 0 Å². The molecule has 120 valence electrons. The quantitative estimate of drug-likeness (QED) is 0.831. The molecule has 1 aliphatic heterocycles. The standard InChI is InChI=1S/C20H23NO2/c22-19(15-8-3-1-4-9-15)14-17-12-7-13-18(21-17)20(23)16-10-5-2-6-11-16/h1-6,8-11,17-19,21-22H,7,12-14H2/t17-,18+,19-/m0/s1. The number of carbonyl (C=O) groups excluding carboxylic acids is 1. The van der Waals surface area contributed by atoms with Crippen molar-refractivity contribution in [3.8, 4) is 0 Å². The van der Waals surface area contributed by atoms with Crippen LogP contribution >= 0.6 is 0 Å². The molecule has 2 N–H and O–H groups in total. The lowest BCUT2D eigenvalue weighted by molar-refractivity contribution is 0.0882. The van der Waals surface area contributed by atoms with Crippen molar-refractivity contribution in [2.75, 3.05) is 0 Å². The molecule has 0 saturated carbocycles. The lowest BCUT2D eigenvalue weighted by atomic mass is 9.89. The van der Waals surface area contributed by atoms with Crippen LogP contribution in [0.1, 0.15) is 47.7 Å². The zero-order chi connectivity index (χ0) is 16.1. The third-order valence-corrected chi connectivity index (χ3v) is 4.55. The van der Waals surface area contributed by atoms with E-state index in [1.54, 1.807) is 0 Å². The van der Waals surface area contributed by atoms with Crippen LogP contribution in [0.4, 0.5) is 0 Å². The number of hydrogen-bond acceptors (Lipinski definition) is 3. The predicted molar refractivity (Wildman–Crippen MR) is 91.4 cm³/mol. The molecule has 2 aromatic carbocycles. The smallest absolute Gasteiger partial charge is 0.179 e. The van der Waals surface area contributed by atoms with Gasteiger partial charge >= 0.3 is 0 Å². The van der Waals surface area contributed by atoms with Crippen LogP contribution in [0.5, 0.6) is 0 Å². The Hall–Kier alpha value is -1.97. The van der Waals surface area contributed by atoms with Crippen molar-refractivity contribution < 1.29 is 9.90 Å². The highest BCUT2D eigenvalue weighted by atomic mass is 16.3. The molecule has 0 amide bonds. The van der Waals surface area contributed by atoms with Gasteiger partial charge in [-0.15, -0.1) is 0 Å². The highest BCUT2D eigenvalue weighted by Gasteiger charge is 2.28. The van der Waals surface area contributed by atoms with E-state index in [1.165, 1.54) is 0 Å². The number of nitrogens with one attached hydrogen (secondary N) is 1. The number of ketones is 1. The van der Waals surface area contributed by atoms with Crippen LogP contribution in [0.2, 0.25) is 0 Å². The predicted octanol–water partition coefficient (Wildman–Crippen LogP) is 3.50. The van der Waals surface area contributed by atoms with Crippen LogP contribution in [-0.2, 0) is 0 Å². The van der Waals surface area contributed by atoms with E-state index < -0.39 is 6.10 Å². The summed E-state index contributed by atoms with van der Waals surface area (Å²) in [4.78, 5) is 12.6. The normalized spacial score (nSPS) is 22.5. The van der Waals surface area contributed by atoms with Crippen molar-refractivity contribution in [2.45, 2.75) is 43.9 Å². The maximum atomic E-state index is 12.6. The van der Waals surface area contributed by atoms with Gasteiger partial charge in [0.2, 0.25) is 0 Å². The second-order valence-corrected chi connectivity index (χ2v) is 6.24. The number of piperidine rings is 1. The monoisotopic (exact) mass is 309 g/mol. The first-order valence-electron chi connectivity index (χ1n) is 8.32. The maximum absolute atomic E-state index is 12.6. The Morgan fingerprint density at radius 2 is 1.70 bits per heavy atom. The zero-order valence-electron chi connectivity index (χ0n) is 13.2. The van der Waals surface area contributed by atoms with Crippen LogP contribution in [0.3, 0.4) is 0 Å². The minimum Gasteiger partial charge on any atom is -0.388 e. The van der Waals surface area contributed by atoms with E-state index in [2.05, 4.69) is 5.32 Å². The minimum atomic E-state index is -0.487. The number of benzene rings is 2. The second kappa shape index (κ2) is 7.53. The Kier molecular flexibility index (Phi) is 5.21. The summed E-state index contributed by atoms with van der Waals surface area (Å²) in [6, 6.07) is 19.2. The average molecular weight is 309 g/mol. The molecule has 0 bridgehead atoms. The minimum absolute atomic E-state index is 0.140. The number of hydrogen-bond donors (Lipinski definition) is 2. The van der Waals surface area contributed by atoms with Gasteiger partial charge < -0.3 is 10.4 Å². The molecule has 0 spiro atoms. The SMILES string of the molecule is O=C(c1ccccc1)[C@H]1CCC[C@@H](C[C@H](O)c2ccccc2)N1. The molecule has 3 heteroatoms.